The molecule has 2 aromatic heterocycles. The van der Waals surface area contributed by atoms with Crippen molar-refractivity contribution in [1.29, 1.82) is 0 Å². The smallest absolute Gasteiger partial charge is 0.265 e. The third kappa shape index (κ3) is 4.20. The predicted octanol–water partition coefficient (Wildman–Crippen LogP) is 4.95. The van der Waals surface area contributed by atoms with Crippen LogP contribution in [0.15, 0.2) is 48.0 Å². The van der Waals surface area contributed by atoms with Crippen molar-refractivity contribution in [3.05, 3.63) is 52.9 Å². The molecular weight excluding hydrogens is 392 g/mol. The van der Waals surface area contributed by atoms with E-state index in [9.17, 15) is 4.79 Å². The maximum atomic E-state index is 12.8. The summed E-state index contributed by atoms with van der Waals surface area (Å²) in [6.45, 7) is 3.94. The van der Waals surface area contributed by atoms with Crippen LogP contribution in [-0.2, 0) is 0 Å². The Labute approximate surface area is 172 Å². The third-order valence-corrected chi connectivity index (χ3v) is 6.64. The number of hydrogen-bond donors (Lipinski definition) is 0. The summed E-state index contributed by atoms with van der Waals surface area (Å²) >= 11 is 3.10. The van der Waals surface area contributed by atoms with E-state index in [-0.39, 0.29) is 12.0 Å². The number of likely N-dealkylation sites (tertiary alicyclic amines) is 1. The maximum absolute atomic E-state index is 12.8. The van der Waals surface area contributed by atoms with Crippen molar-refractivity contribution in [3.63, 3.8) is 0 Å². The number of nitrogens with zero attached hydrogens (tertiary/aromatic N) is 2. The minimum Gasteiger partial charge on any atom is -0.490 e. The van der Waals surface area contributed by atoms with Crippen molar-refractivity contribution >= 4 is 28.6 Å². The average Bonchev–Trinajstić information content (AvgIpc) is 3.42. The fraction of sp³-hybridized carbons (Fsp3) is 0.333. The standard InChI is InChI=1S/C21H22N2O3S2/c1-2-25-16-6-3-4-7-17(16)26-15-9-11-23(12-10-15)21(24)19-14-22-20(28-19)18-8-5-13-27-18/h3-8,13-15H,2,9-12H2,1H3. The first-order chi connectivity index (χ1) is 13.7. The second-order valence-electron chi connectivity index (χ2n) is 6.50. The van der Waals surface area contributed by atoms with Gasteiger partial charge in [0.25, 0.3) is 5.91 Å². The SMILES string of the molecule is CCOc1ccccc1OC1CCN(C(=O)c2cnc(-c3cccs3)s2)CC1. The third-order valence-electron chi connectivity index (χ3n) is 4.62. The van der Waals surface area contributed by atoms with Crippen LogP contribution in [0.4, 0.5) is 0 Å². The summed E-state index contributed by atoms with van der Waals surface area (Å²) in [5.41, 5.74) is 0. The fourth-order valence-electron chi connectivity index (χ4n) is 3.22. The zero-order valence-electron chi connectivity index (χ0n) is 15.7. The number of benzene rings is 1. The summed E-state index contributed by atoms with van der Waals surface area (Å²) in [4.78, 5) is 20.9. The highest BCUT2D eigenvalue weighted by atomic mass is 32.1. The summed E-state index contributed by atoms with van der Waals surface area (Å²) in [7, 11) is 0. The van der Waals surface area contributed by atoms with Gasteiger partial charge < -0.3 is 14.4 Å². The molecule has 0 atom stereocenters. The van der Waals surface area contributed by atoms with Crippen LogP contribution in [0, 0.1) is 0 Å². The Bertz CT molecular complexity index is 915. The monoisotopic (exact) mass is 414 g/mol. The molecule has 1 amide bonds. The lowest BCUT2D eigenvalue weighted by Gasteiger charge is -2.32. The van der Waals surface area contributed by atoms with Crippen molar-refractivity contribution in [2.45, 2.75) is 25.9 Å². The number of carbonyl (C=O) groups is 1. The molecule has 3 heterocycles. The molecular formula is C21H22N2O3S2. The largest absolute Gasteiger partial charge is 0.490 e. The van der Waals surface area contributed by atoms with Crippen LogP contribution in [0.3, 0.4) is 0 Å². The topological polar surface area (TPSA) is 51.7 Å². The van der Waals surface area contributed by atoms with Crippen LogP contribution in [-0.4, -0.2) is 41.6 Å². The molecule has 1 aromatic carbocycles. The molecule has 0 aliphatic carbocycles. The highest BCUT2D eigenvalue weighted by Gasteiger charge is 2.26. The minimum atomic E-state index is 0.0634. The van der Waals surface area contributed by atoms with Gasteiger partial charge in [0.1, 0.15) is 16.0 Å². The van der Waals surface area contributed by atoms with Crippen molar-refractivity contribution in [3.8, 4) is 21.4 Å². The molecule has 0 spiro atoms. The fourth-order valence-corrected chi connectivity index (χ4v) is 4.91. The van der Waals surface area contributed by atoms with Gasteiger partial charge >= 0.3 is 0 Å². The molecule has 0 N–H and O–H groups in total. The Kier molecular flexibility index (Phi) is 5.92. The first-order valence-corrected chi connectivity index (χ1v) is 11.1. The Morgan fingerprint density at radius 3 is 2.68 bits per heavy atom. The summed E-state index contributed by atoms with van der Waals surface area (Å²) in [6, 6.07) is 11.8. The average molecular weight is 415 g/mol. The zero-order valence-corrected chi connectivity index (χ0v) is 17.3. The van der Waals surface area contributed by atoms with Crippen LogP contribution in [0.5, 0.6) is 11.5 Å². The van der Waals surface area contributed by atoms with E-state index in [1.807, 2.05) is 53.6 Å². The lowest BCUT2D eigenvalue weighted by molar-refractivity contribution is 0.0593. The summed E-state index contributed by atoms with van der Waals surface area (Å²) < 4.78 is 11.8. The molecule has 1 aliphatic rings. The lowest BCUT2D eigenvalue weighted by atomic mass is 10.1. The molecule has 28 heavy (non-hydrogen) atoms. The molecule has 5 nitrogen and oxygen atoms in total. The van der Waals surface area contributed by atoms with Gasteiger partial charge in [-0.2, -0.15) is 0 Å². The molecule has 1 saturated heterocycles. The number of amides is 1. The van der Waals surface area contributed by atoms with Gasteiger partial charge in [-0.15, -0.1) is 22.7 Å². The minimum absolute atomic E-state index is 0.0634. The number of ether oxygens (including phenoxy) is 2. The van der Waals surface area contributed by atoms with Crippen molar-refractivity contribution in [2.24, 2.45) is 0 Å². The number of carbonyl (C=O) groups excluding carboxylic acids is 1. The Morgan fingerprint density at radius 1 is 1.18 bits per heavy atom. The van der Waals surface area contributed by atoms with E-state index in [4.69, 9.17) is 9.47 Å². The molecule has 7 heteroatoms. The normalized spacial score (nSPS) is 14.8. The summed E-state index contributed by atoms with van der Waals surface area (Å²) in [5.74, 6) is 1.61. The van der Waals surface area contributed by atoms with Crippen LogP contribution in [0.2, 0.25) is 0 Å². The number of aromatic nitrogens is 1. The van der Waals surface area contributed by atoms with Gasteiger partial charge in [-0.1, -0.05) is 18.2 Å². The van der Waals surface area contributed by atoms with Gasteiger partial charge in [0.05, 0.1) is 17.7 Å². The van der Waals surface area contributed by atoms with E-state index in [1.54, 1.807) is 17.5 Å². The first-order valence-electron chi connectivity index (χ1n) is 9.42. The summed E-state index contributed by atoms with van der Waals surface area (Å²) in [5, 5.41) is 2.93. The van der Waals surface area contributed by atoms with Crippen LogP contribution < -0.4 is 9.47 Å². The second-order valence-corrected chi connectivity index (χ2v) is 8.47. The van der Waals surface area contributed by atoms with Gasteiger partial charge in [-0.3, -0.25) is 4.79 Å². The molecule has 146 valence electrons. The number of rotatable bonds is 6. The van der Waals surface area contributed by atoms with E-state index in [0.29, 0.717) is 24.6 Å². The lowest BCUT2D eigenvalue weighted by Crippen LogP contribution is -2.41. The quantitative estimate of drug-likeness (QED) is 0.572. The number of para-hydroxylation sites is 2. The number of hydrogen-bond acceptors (Lipinski definition) is 6. The molecule has 0 radical (unpaired) electrons. The first kappa shape index (κ1) is 19.0. The maximum Gasteiger partial charge on any atom is 0.265 e. The zero-order chi connectivity index (χ0) is 19.3. The van der Waals surface area contributed by atoms with Crippen molar-refractivity contribution in [1.82, 2.24) is 9.88 Å². The molecule has 1 fully saturated rings. The number of thiophene rings is 1. The molecule has 1 aliphatic heterocycles. The van der Waals surface area contributed by atoms with Gasteiger partial charge in [0.15, 0.2) is 11.5 Å². The van der Waals surface area contributed by atoms with Crippen LogP contribution in [0.25, 0.3) is 9.88 Å². The second kappa shape index (κ2) is 8.75. The van der Waals surface area contributed by atoms with Crippen molar-refractivity contribution < 1.29 is 14.3 Å². The van der Waals surface area contributed by atoms with Gasteiger partial charge in [0.2, 0.25) is 0 Å². The van der Waals surface area contributed by atoms with E-state index in [1.165, 1.54) is 11.3 Å². The highest BCUT2D eigenvalue weighted by Crippen LogP contribution is 2.31. The molecule has 0 saturated carbocycles. The van der Waals surface area contributed by atoms with Gasteiger partial charge in [-0.25, -0.2) is 4.98 Å². The Balaban J connectivity index is 1.35. The van der Waals surface area contributed by atoms with E-state index in [2.05, 4.69) is 4.98 Å². The van der Waals surface area contributed by atoms with E-state index >= 15 is 0 Å². The summed E-state index contributed by atoms with van der Waals surface area (Å²) in [6.07, 6.45) is 3.41. The Hall–Kier alpha value is -2.38. The molecule has 0 bridgehead atoms. The van der Waals surface area contributed by atoms with Crippen LogP contribution >= 0.6 is 22.7 Å². The van der Waals surface area contributed by atoms with Gasteiger partial charge in [0, 0.05) is 25.9 Å². The molecule has 3 aromatic rings. The van der Waals surface area contributed by atoms with E-state index in [0.717, 1.165) is 34.2 Å². The van der Waals surface area contributed by atoms with Gasteiger partial charge in [-0.05, 0) is 30.5 Å². The molecule has 4 rings (SSSR count). The Morgan fingerprint density at radius 2 is 1.96 bits per heavy atom. The predicted molar refractivity (Wildman–Crippen MR) is 113 cm³/mol. The number of thiazole rings is 1. The highest BCUT2D eigenvalue weighted by molar-refractivity contribution is 7.21. The number of piperidine rings is 1. The van der Waals surface area contributed by atoms with Crippen molar-refractivity contribution in [2.75, 3.05) is 19.7 Å². The van der Waals surface area contributed by atoms with Crippen LogP contribution in [0.1, 0.15) is 29.4 Å². The van der Waals surface area contributed by atoms with E-state index < -0.39 is 0 Å². The molecule has 0 unspecified atom stereocenters.